The Morgan fingerprint density at radius 1 is 1.17 bits per heavy atom. The SMILES string of the molecule is OCCNc1cc(-c2ccc(Cl)cc2Cl)ccn1. The third kappa shape index (κ3) is 3.13. The topological polar surface area (TPSA) is 45.1 Å². The van der Waals surface area contributed by atoms with Gasteiger partial charge in [0, 0.05) is 28.4 Å². The molecule has 0 aliphatic heterocycles. The molecule has 5 heteroatoms. The van der Waals surface area contributed by atoms with Gasteiger partial charge in [-0.25, -0.2) is 4.98 Å². The first-order chi connectivity index (χ1) is 8.70. The number of anilines is 1. The minimum atomic E-state index is 0.0631. The van der Waals surface area contributed by atoms with Crippen LogP contribution in [0, 0.1) is 0 Å². The smallest absolute Gasteiger partial charge is 0.126 e. The Morgan fingerprint density at radius 3 is 2.72 bits per heavy atom. The Kier molecular flexibility index (Phi) is 4.42. The fraction of sp³-hybridized carbons (Fsp3) is 0.154. The fourth-order valence-electron chi connectivity index (χ4n) is 1.60. The van der Waals surface area contributed by atoms with Crippen LogP contribution in [0.2, 0.25) is 10.0 Å². The molecular weight excluding hydrogens is 271 g/mol. The summed E-state index contributed by atoms with van der Waals surface area (Å²) >= 11 is 12.0. The molecule has 2 N–H and O–H groups in total. The molecule has 3 nitrogen and oxygen atoms in total. The maximum absolute atomic E-state index is 8.76. The molecule has 1 aromatic heterocycles. The highest BCUT2D eigenvalue weighted by Crippen LogP contribution is 2.30. The molecule has 0 saturated carbocycles. The molecule has 18 heavy (non-hydrogen) atoms. The third-order valence-corrected chi connectivity index (χ3v) is 2.97. The molecule has 0 aliphatic rings. The van der Waals surface area contributed by atoms with Crippen LogP contribution < -0.4 is 5.32 Å². The second-order valence-electron chi connectivity index (χ2n) is 3.70. The summed E-state index contributed by atoms with van der Waals surface area (Å²) in [5.41, 5.74) is 1.85. The highest BCUT2D eigenvalue weighted by Gasteiger charge is 2.05. The monoisotopic (exact) mass is 282 g/mol. The molecule has 0 saturated heterocycles. The van der Waals surface area contributed by atoms with Gasteiger partial charge < -0.3 is 10.4 Å². The normalized spacial score (nSPS) is 10.4. The molecule has 0 fully saturated rings. The van der Waals surface area contributed by atoms with Crippen LogP contribution in [0.25, 0.3) is 11.1 Å². The van der Waals surface area contributed by atoms with Gasteiger partial charge in [-0.15, -0.1) is 0 Å². The van der Waals surface area contributed by atoms with Gasteiger partial charge in [-0.3, -0.25) is 0 Å². The maximum Gasteiger partial charge on any atom is 0.126 e. The van der Waals surface area contributed by atoms with Gasteiger partial charge in [-0.2, -0.15) is 0 Å². The molecule has 0 unspecified atom stereocenters. The van der Waals surface area contributed by atoms with Crippen molar-refractivity contribution in [2.45, 2.75) is 0 Å². The van der Waals surface area contributed by atoms with Crippen molar-refractivity contribution in [2.24, 2.45) is 0 Å². The summed E-state index contributed by atoms with van der Waals surface area (Å²) in [6.07, 6.45) is 1.69. The molecule has 2 aromatic rings. The lowest BCUT2D eigenvalue weighted by atomic mass is 10.1. The van der Waals surface area contributed by atoms with Crippen molar-refractivity contribution in [1.82, 2.24) is 4.98 Å². The minimum absolute atomic E-state index is 0.0631. The molecule has 0 radical (unpaired) electrons. The maximum atomic E-state index is 8.76. The largest absolute Gasteiger partial charge is 0.395 e. The van der Waals surface area contributed by atoms with Crippen molar-refractivity contribution in [2.75, 3.05) is 18.5 Å². The van der Waals surface area contributed by atoms with Gasteiger partial charge in [0.15, 0.2) is 0 Å². The summed E-state index contributed by atoms with van der Waals surface area (Å²) in [5, 5.41) is 13.0. The number of aromatic nitrogens is 1. The molecule has 2 rings (SSSR count). The minimum Gasteiger partial charge on any atom is -0.395 e. The molecule has 0 aliphatic carbocycles. The van der Waals surface area contributed by atoms with Crippen LogP contribution in [0.5, 0.6) is 0 Å². The van der Waals surface area contributed by atoms with Crippen LogP contribution in [-0.4, -0.2) is 23.2 Å². The standard InChI is InChI=1S/C13H12Cl2N2O/c14-10-1-2-11(12(15)8-10)9-3-4-16-13(7-9)17-5-6-18/h1-4,7-8,18H,5-6H2,(H,16,17). The first-order valence-electron chi connectivity index (χ1n) is 5.47. The van der Waals surface area contributed by atoms with Gasteiger partial charge >= 0.3 is 0 Å². The van der Waals surface area contributed by atoms with Gasteiger partial charge in [0.05, 0.1) is 6.61 Å². The van der Waals surface area contributed by atoms with Crippen LogP contribution in [0.4, 0.5) is 5.82 Å². The number of nitrogens with one attached hydrogen (secondary N) is 1. The number of hydrogen-bond donors (Lipinski definition) is 2. The Balaban J connectivity index is 2.32. The average molecular weight is 283 g/mol. The Bertz CT molecular complexity index is 546. The number of hydrogen-bond acceptors (Lipinski definition) is 3. The van der Waals surface area contributed by atoms with Gasteiger partial charge in [-0.1, -0.05) is 29.3 Å². The quantitative estimate of drug-likeness (QED) is 0.903. The summed E-state index contributed by atoms with van der Waals surface area (Å²) in [6, 6.07) is 9.13. The number of rotatable bonds is 4. The number of nitrogens with zero attached hydrogens (tertiary/aromatic N) is 1. The van der Waals surface area contributed by atoms with E-state index in [0.717, 1.165) is 11.1 Å². The highest BCUT2D eigenvalue weighted by atomic mass is 35.5. The van der Waals surface area contributed by atoms with Crippen LogP contribution >= 0.6 is 23.2 Å². The summed E-state index contributed by atoms with van der Waals surface area (Å²) in [4.78, 5) is 4.16. The van der Waals surface area contributed by atoms with Crippen molar-refractivity contribution in [3.05, 3.63) is 46.6 Å². The lowest BCUT2D eigenvalue weighted by molar-refractivity contribution is 0.311. The van der Waals surface area contributed by atoms with Crippen molar-refractivity contribution in [1.29, 1.82) is 0 Å². The predicted octanol–water partition coefficient (Wildman–Crippen LogP) is 3.46. The Morgan fingerprint density at radius 2 is 2.00 bits per heavy atom. The van der Waals surface area contributed by atoms with Crippen LogP contribution in [-0.2, 0) is 0 Å². The summed E-state index contributed by atoms with van der Waals surface area (Å²) in [7, 11) is 0. The van der Waals surface area contributed by atoms with E-state index < -0.39 is 0 Å². The lowest BCUT2D eigenvalue weighted by Crippen LogP contribution is -2.06. The molecule has 1 aromatic carbocycles. The summed E-state index contributed by atoms with van der Waals surface area (Å²) in [5.74, 6) is 0.701. The van der Waals surface area contributed by atoms with E-state index in [9.17, 15) is 0 Å². The van der Waals surface area contributed by atoms with Gasteiger partial charge in [0.25, 0.3) is 0 Å². The first-order valence-corrected chi connectivity index (χ1v) is 6.22. The van der Waals surface area contributed by atoms with Crippen molar-refractivity contribution < 1.29 is 5.11 Å². The molecule has 0 atom stereocenters. The van der Waals surface area contributed by atoms with Crippen LogP contribution in [0.3, 0.4) is 0 Å². The zero-order chi connectivity index (χ0) is 13.0. The van der Waals surface area contributed by atoms with Gasteiger partial charge in [0.2, 0.25) is 0 Å². The number of aliphatic hydroxyl groups is 1. The van der Waals surface area contributed by atoms with E-state index >= 15 is 0 Å². The number of aliphatic hydroxyl groups excluding tert-OH is 1. The zero-order valence-electron chi connectivity index (χ0n) is 9.53. The highest BCUT2D eigenvalue weighted by molar-refractivity contribution is 6.36. The van der Waals surface area contributed by atoms with Gasteiger partial charge in [0.1, 0.15) is 5.82 Å². The second kappa shape index (κ2) is 6.05. The van der Waals surface area contributed by atoms with E-state index in [4.69, 9.17) is 28.3 Å². The summed E-state index contributed by atoms with van der Waals surface area (Å²) < 4.78 is 0. The third-order valence-electron chi connectivity index (χ3n) is 2.42. The molecule has 0 amide bonds. The molecule has 0 bridgehead atoms. The molecule has 1 heterocycles. The molecular formula is C13H12Cl2N2O. The second-order valence-corrected chi connectivity index (χ2v) is 4.55. The number of benzene rings is 1. The van der Waals surface area contributed by atoms with Crippen LogP contribution in [0.15, 0.2) is 36.5 Å². The van der Waals surface area contributed by atoms with E-state index in [1.165, 1.54) is 0 Å². The van der Waals surface area contributed by atoms with E-state index in [2.05, 4.69) is 10.3 Å². The number of halogens is 2. The average Bonchev–Trinajstić information content (AvgIpc) is 2.36. The van der Waals surface area contributed by atoms with Crippen LogP contribution in [0.1, 0.15) is 0 Å². The van der Waals surface area contributed by atoms with Gasteiger partial charge in [-0.05, 0) is 29.8 Å². The Hall–Kier alpha value is -1.29. The lowest BCUT2D eigenvalue weighted by Gasteiger charge is -2.08. The van der Waals surface area contributed by atoms with Crippen molar-refractivity contribution in [3.63, 3.8) is 0 Å². The first kappa shape index (κ1) is 13.1. The Labute approximate surface area is 115 Å². The number of pyridine rings is 1. The van der Waals surface area contributed by atoms with E-state index in [-0.39, 0.29) is 6.61 Å². The fourth-order valence-corrected chi connectivity index (χ4v) is 2.12. The van der Waals surface area contributed by atoms with Crippen molar-refractivity contribution >= 4 is 29.0 Å². The predicted molar refractivity (Wildman–Crippen MR) is 75.3 cm³/mol. The zero-order valence-corrected chi connectivity index (χ0v) is 11.0. The van der Waals surface area contributed by atoms with E-state index in [0.29, 0.717) is 22.4 Å². The summed E-state index contributed by atoms with van der Waals surface area (Å²) in [6.45, 7) is 0.526. The van der Waals surface area contributed by atoms with Crippen molar-refractivity contribution in [3.8, 4) is 11.1 Å². The van der Waals surface area contributed by atoms with E-state index in [1.807, 2.05) is 18.2 Å². The molecule has 0 spiro atoms. The van der Waals surface area contributed by atoms with E-state index in [1.54, 1.807) is 18.3 Å². The molecule has 94 valence electrons.